The molecular weight excluding hydrogens is 304 g/mol. The molecule has 0 nitrogen and oxygen atoms in total. The summed E-state index contributed by atoms with van der Waals surface area (Å²) in [5.74, 6) is 0. The average molecular weight is 324 g/mol. The van der Waals surface area contributed by atoms with Gasteiger partial charge in [0.25, 0.3) is 0 Å². The summed E-state index contributed by atoms with van der Waals surface area (Å²) in [6.45, 7) is 6.52. The highest BCUT2D eigenvalue weighted by Crippen LogP contribution is 2.16. The monoisotopic (exact) mass is 322 g/mol. The van der Waals surface area contributed by atoms with Crippen LogP contribution in [0.3, 0.4) is 0 Å². The number of alkyl halides is 2. The highest BCUT2D eigenvalue weighted by molar-refractivity contribution is 9.24. The van der Waals surface area contributed by atoms with Crippen LogP contribution in [0.15, 0.2) is 23.3 Å². The second kappa shape index (κ2) is 8.72. The van der Waals surface area contributed by atoms with E-state index in [2.05, 4.69) is 64.8 Å². The van der Waals surface area contributed by atoms with E-state index in [9.17, 15) is 0 Å². The van der Waals surface area contributed by atoms with Crippen molar-refractivity contribution in [1.29, 1.82) is 0 Å². The molecule has 0 atom stereocenters. The first-order chi connectivity index (χ1) is 6.52. The molecule has 0 N–H and O–H groups in total. The summed E-state index contributed by atoms with van der Waals surface area (Å²) in [6.07, 6.45) is 9.32. The van der Waals surface area contributed by atoms with Crippen molar-refractivity contribution < 1.29 is 0 Å². The lowest BCUT2D eigenvalue weighted by Gasteiger charge is -2.00. The van der Waals surface area contributed by atoms with Crippen LogP contribution in [0.5, 0.6) is 0 Å². The number of allylic oxidation sites excluding steroid dienone is 4. The molecule has 14 heavy (non-hydrogen) atoms. The molecule has 0 fully saturated rings. The molecule has 0 heterocycles. The minimum Gasteiger partial charge on any atom is -0.0856 e. The topological polar surface area (TPSA) is 0 Å². The summed E-state index contributed by atoms with van der Waals surface area (Å²) in [5.41, 5.74) is 2.92. The molecule has 0 saturated heterocycles. The van der Waals surface area contributed by atoms with Crippen LogP contribution in [0, 0.1) is 0 Å². The second-order valence-corrected chi connectivity index (χ2v) is 7.28. The molecule has 82 valence electrons. The first-order valence-electron chi connectivity index (χ1n) is 5.09. The van der Waals surface area contributed by atoms with E-state index in [0.717, 1.165) is 12.8 Å². The number of hydrogen-bond donors (Lipinski definition) is 0. The van der Waals surface area contributed by atoms with Gasteiger partial charge >= 0.3 is 0 Å². The largest absolute Gasteiger partial charge is 0.0856 e. The molecule has 0 aromatic rings. The van der Waals surface area contributed by atoms with E-state index < -0.39 is 0 Å². The standard InChI is InChI=1S/C12H20Br2/c1-10(2)6-4-7-11(3)8-5-9-12(13)14/h6,8,12H,4-5,7,9H2,1-3H3/b11-8+. The van der Waals surface area contributed by atoms with Crippen LogP contribution in [0.2, 0.25) is 0 Å². The maximum absolute atomic E-state index is 3.47. The summed E-state index contributed by atoms with van der Waals surface area (Å²) >= 11 is 6.95. The molecule has 0 aliphatic rings. The smallest absolute Gasteiger partial charge is 0.0700 e. The Morgan fingerprint density at radius 2 is 1.71 bits per heavy atom. The lowest BCUT2D eigenvalue weighted by molar-refractivity contribution is 0.906. The molecule has 0 aromatic heterocycles. The van der Waals surface area contributed by atoms with Crippen molar-refractivity contribution in [2.75, 3.05) is 0 Å². The molecule has 0 rings (SSSR count). The Labute approximate surface area is 105 Å². The fraction of sp³-hybridized carbons (Fsp3) is 0.667. The van der Waals surface area contributed by atoms with Gasteiger partial charge in [-0.05, 0) is 46.5 Å². The van der Waals surface area contributed by atoms with E-state index in [1.54, 1.807) is 0 Å². The van der Waals surface area contributed by atoms with Crippen LogP contribution in [0.4, 0.5) is 0 Å². The van der Waals surface area contributed by atoms with Gasteiger partial charge in [-0.2, -0.15) is 0 Å². The third-order valence-electron chi connectivity index (χ3n) is 1.97. The quantitative estimate of drug-likeness (QED) is 0.442. The Hall–Kier alpha value is 0.440. The fourth-order valence-corrected chi connectivity index (χ4v) is 1.67. The van der Waals surface area contributed by atoms with Gasteiger partial charge in [0.2, 0.25) is 0 Å². The van der Waals surface area contributed by atoms with Gasteiger partial charge in [-0.15, -0.1) is 0 Å². The van der Waals surface area contributed by atoms with Crippen LogP contribution in [-0.4, -0.2) is 3.74 Å². The van der Waals surface area contributed by atoms with Gasteiger partial charge < -0.3 is 0 Å². The average Bonchev–Trinajstić information content (AvgIpc) is 2.02. The Kier molecular flexibility index (Phi) is 9.00. The minimum atomic E-state index is 0.455. The SMILES string of the molecule is CC(C)=CCC/C(C)=C/CCC(Br)Br. The maximum atomic E-state index is 3.47. The molecule has 2 heteroatoms. The van der Waals surface area contributed by atoms with Gasteiger partial charge in [0.1, 0.15) is 0 Å². The molecule has 0 aliphatic carbocycles. The van der Waals surface area contributed by atoms with Crippen LogP contribution < -0.4 is 0 Å². The molecule has 0 aromatic carbocycles. The van der Waals surface area contributed by atoms with Crippen molar-refractivity contribution in [2.45, 2.75) is 50.2 Å². The zero-order chi connectivity index (χ0) is 11.0. The van der Waals surface area contributed by atoms with Gasteiger partial charge in [0.15, 0.2) is 0 Å². The maximum Gasteiger partial charge on any atom is 0.0700 e. The lowest BCUT2D eigenvalue weighted by Crippen LogP contribution is -1.84. The van der Waals surface area contributed by atoms with Gasteiger partial charge in [-0.3, -0.25) is 0 Å². The lowest BCUT2D eigenvalue weighted by atomic mass is 10.1. The molecule has 0 amide bonds. The van der Waals surface area contributed by atoms with E-state index in [4.69, 9.17) is 0 Å². The first-order valence-corrected chi connectivity index (χ1v) is 6.92. The first kappa shape index (κ1) is 14.4. The summed E-state index contributed by atoms with van der Waals surface area (Å²) in [4.78, 5) is 0. The highest BCUT2D eigenvalue weighted by Gasteiger charge is 1.95. The van der Waals surface area contributed by atoms with Gasteiger partial charge in [0, 0.05) is 0 Å². The van der Waals surface area contributed by atoms with E-state index in [1.807, 2.05) is 0 Å². The number of halogens is 2. The van der Waals surface area contributed by atoms with Crippen LogP contribution >= 0.6 is 31.9 Å². The minimum absolute atomic E-state index is 0.455. The van der Waals surface area contributed by atoms with Crippen molar-refractivity contribution >= 4 is 31.9 Å². The third-order valence-corrected chi connectivity index (χ3v) is 2.88. The normalized spacial score (nSPS) is 12.0. The van der Waals surface area contributed by atoms with Gasteiger partial charge in [0.05, 0.1) is 3.74 Å². The summed E-state index contributed by atoms with van der Waals surface area (Å²) in [6, 6.07) is 0. The summed E-state index contributed by atoms with van der Waals surface area (Å²) < 4.78 is 0.455. The van der Waals surface area contributed by atoms with E-state index >= 15 is 0 Å². The fourth-order valence-electron chi connectivity index (χ4n) is 1.15. The zero-order valence-corrected chi connectivity index (χ0v) is 12.5. The summed E-state index contributed by atoms with van der Waals surface area (Å²) in [5, 5.41) is 0. The van der Waals surface area contributed by atoms with Gasteiger partial charge in [-0.1, -0.05) is 55.2 Å². The Morgan fingerprint density at radius 3 is 2.21 bits per heavy atom. The Bertz CT molecular complexity index is 198. The Balaban J connectivity index is 3.62. The molecule has 0 spiro atoms. The number of hydrogen-bond acceptors (Lipinski definition) is 0. The molecule has 0 unspecified atom stereocenters. The van der Waals surface area contributed by atoms with E-state index in [1.165, 1.54) is 24.0 Å². The van der Waals surface area contributed by atoms with Crippen molar-refractivity contribution in [3.8, 4) is 0 Å². The molecule has 0 saturated carbocycles. The molecular formula is C12H20Br2. The van der Waals surface area contributed by atoms with Crippen molar-refractivity contribution in [3.63, 3.8) is 0 Å². The highest BCUT2D eigenvalue weighted by atomic mass is 79.9. The van der Waals surface area contributed by atoms with Crippen LogP contribution in [0.25, 0.3) is 0 Å². The van der Waals surface area contributed by atoms with Gasteiger partial charge in [-0.25, -0.2) is 0 Å². The predicted octanol–water partition coefficient (Wildman–Crippen LogP) is 5.58. The molecule has 0 aliphatic heterocycles. The third kappa shape index (κ3) is 10.5. The van der Waals surface area contributed by atoms with E-state index in [-0.39, 0.29) is 0 Å². The van der Waals surface area contributed by atoms with Crippen LogP contribution in [0.1, 0.15) is 46.5 Å². The number of rotatable bonds is 6. The molecule has 0 bridgehead atoms. The van der Waals surface area contributed by atoms with Crippen molar-refractivity contribution in [1.82, 2.24) is 0 Å². The predicted molar refractivity (Wildman–Crippen MR) is 73.3 cm³/mol. The summed E-state index contributed by atoms with van der Waals surface area (Å²) in [7, 11) is 0. The van der Waals surface area contributed by atoms with E-state index in [0.29, 0.717) is 3.74 Å². The van der Waals surface area contributed by atoms with Crippen molar-refractivity contribution in [3.05, 3.63) is 23.3 Å². The second-order valence-electron chi connectivity index (χ2n) is 3.84. The van der Waals surface area contributed by atoms with Crippen molar-refractivity contribution in [2.24, 2.45) is 0 Å². The molecule has 0 radical (unpaired) electrons. The van der Waals surface area contributed by atoms with Crippen LogP contribution in [-0.2, 0) is 0 Å². The zero-order valence-electron chi connectivity index (χ0n) is 9.32. The Morgan fingerprint density at radius 1 is 1.07 bits per heavy atom.